The van der Waals surface area contributed by atoms with Crippen LogP contribution >= 0.6 is 35.1 Å². The molecular weight excluding hydrogens is 504 g/mol. The molecule has 0 aromatic heterocycles. The van der Waals surface area contributed by atoms with Crippen LogP contribution in [0.2, 0.25) is 5.02 Å². The molecule has 6 rings (SSSR count). The predicted molar refractivity (Wildman–Crippen MR) is 153 cm³/mol. The molecule has 4 aromatic carbocycles. The zero-order valence-corrected chi connectivity index (χ0v) is 22.2. The fourth-order valence-electron chi connectivity index (χ4n) is 5.09. The van der Waals surface area contributed by atoms with Crippen LogP contribution in [0.4, 0.5) is 5.69 Å². The second kappa shape index (κ2) is 8.84. The van der Waals surface area contributed by atoms with Crippen LogP contribution in [-0.2, 0) is 13.7 Å². The van der Waals surface area contributed by atoms with Crippen LogP contribution in [0.3, 0.4) is 0 Å². The highest BCUT2D eigenvalue weighted by atomic mass is 35.5. The Balaban J connectivity index is 1.67. The smallest absolute Gasteiger partial charge is 0.187 e. The molecule has 6 heteroatoms. The fraction of sp³-hybridized carbons (Fsp3) is 0.133. The van der Waals surface area contributed by atoms with E-state index in [0.717, 1.165) is 16.8 Å². The lowest BCUT2D eigenvalue weighted by Gasteiger charge is -2.37. The van der Waals surface area contributed by atoms with Gasteiger partial charge < -0.3 is 0 Å². The molecule has 0 saturated heterocycles. The summed E-state index contributed by atoms with van der Waals surface area (Å²) in [6.45, 7) is 3.59. The third-order valence-corrected chi connectivity index (χ3v) is 10.6. The van der Waals surface area contributed by atoms with Crippen molar-refractivity contribution < 1.29 is 4.79 Å². The predicted octanol–water partition coefficient (Wildman–Crippen LogP) is 7.95. The number of anilines is 1. The van der Waals surface area contributed by atoms with Crippen molar-refractivity contribution >= 4 is 51.6 Å². The number of benzene rings is 4. The standard InChI is InChI=1S/C30H23ClN2OS2/c1-20-26(31)18-11-19-27(20)33-30(35-28(32-33)21(2)34)25-17-10-9-16-24(25)29(36-30,22-12-5-3-6-13-22)23-14-7-4-8-15-23/h3-19H,1-2H3. The van der Waals surface area contributed by atoms with Crippen LogP contribution in [0.15, 0.2) is 108 Å². The molecule has 178 valence electrons. The normalized spacial score (nSPS) is 19.9. The Morgan fingerprint density at radius 3 is 2.00 bits per heavy atom. The van der Waals surface area contributed by atoms with E-state index < -0.39 is 8.95 Å². The molecule has 1 atom stereocenters. The van der Waals surface area contributed by atoms with Crippen molar-refractivity contribution in [3.63, 3.8) is 0 Å². The van der Waals surface area contributed by atoms with E-state index in [9.17, 15) is 4.79 Å². The van der Waals surface area contributed by atoms with Crippen molar-refractivity contribution in [2.75, 3.05) is 5.01 Å². The van der Waals surface area contributed by atoms with Gasteiger partial charge in [-0.25, -0.2) is 5.01 Å². The highest BCUT2D eigenvalue weighted by Crippen LogP contribution is 2.71. The van der Waals surface area contributed by atoms with Gasteiger partial charge in [0.1, 0.15) is 0 Å². The molecule has 36 heavy (non-hydrogen) atoms. The first-order valence-corrected chi connectivity index (χ1v) is 13.7. The average Bonchev–Trinajstić information content (AvgIpc) is 3.44. The number of hydrogen-bond acceptors (Lipinski definition) is 5. The van der Waals surface area contributed by atoms with Crippen molar-refractivity contribution in [3.05, 3.63) is 136 Å². The third kappa shape index (κ3) is 3.37. The molecule has 0 fully saturated rings. The van der Waals surface area contributed by atoms with Crippen LogP contribution in [-0.4, -0.2) is 10.8 Å². The van der Waals surface area contributed by atoms with Gasteiger partial charge in [-0.05, 0) is 41.3 Å². The number of nitrogens with zero attached hydrogens (tertiary/aromatic N) is 2. The molecule has 2 aliphatic rings. The summed E-state index contributed by atoms with van der Waals surface area (Å²) in [5.41, 5.74) is 6.53. The Bertz CT molecular complexity index is 1470. The van der Waals surface area contributed by atoms with E-state index in [1.54, 1.807) is 6.92 Å². The molecule has 4 aromatic rings. The summed E-state index contributed by atoms with van der Waals surface area (Å²) in [4.78, 5) is 12.7. The number of ketones is 1. The fourth-order valence-corrected chi connectivity index (χ4v) is 8.80. The maximum absolute atomic E-state index is 12.7. The Hall–Kier alpha value is -2.99. The van der Waals surface area contributed by atoms with Gasteiger partial charge in [-0.3, -0.25) is 4.79 Å². The summed E-state index contributed by atoms with van der Waals surface area (Å²) in [7, 11) is 0. The van der Waals surface area contributed by atoms with E-state index in [-0.39, 0.29) is 5.78 Å². The summed E-state index contributed by atoms with van der Waals surface area (Å²) in [6.07, 6.45) is 0. The first-order valence-electron chi connectivity index (χ1n) is 11.7. The summed E-state index contributed by atoms with van der Waals surface area (Å²) >= 11 is 9.93. The lowest BCUT2D eigenvalue weighted by atomic mass is 9.82. The largest absolute Gasteiger partial charge is 0.292 e. The maximum atomic E-state index is 12.7. The molecule has 1 unspecified atom stereocenters. The Labute approximate surface area is 224 Å². The minimum Gasteiger partial charge on any atom is -0.292 e. The Morgan fingerprint density at radius 1 is 0.806 bits per heavy atom. The van der Waals surface area contributed by atoms with Crippen LogP contribution in [0.25, 0.3) is 0 Å². The summed E-state index contributed by atoms with van der Waals surface area (Å²) in [5, 5.41) is 8.12. The molecule has 0 amide bonds. The van der Waals surface area contributed by atoms with Crippen molar-refractivity contribution in [1.29, 1.82) is 0 Å². The van der Waals surface area contributed by atoms with Gasteiger partial charge in [-0.15, -0.1) is 0 Å². The third-order valence-electron chi connectivity index (χ3n) is 6.77. The molecule has 0 radical (unpaired) electrons. The summed E-state index contributed by atoms with van der Waals surface area (Å²) in [5.74, 6) is -0.0449. The van der Waals surface area contributed by atoms with Crippen LogP contribution < -0.4 is 5.01 Å². The number of Topliss-reactive ketones (excluding diaryl/α,β-unsaturated/α-hetero) is 1. The molecule has 2 heterocycles. The Kier molecular flexibility index (Phi) is 5.75. The van der Waals surface area contributed by atoms with Gasteiger partial charge >= 0.3 is 0 Å². The molecule has 0 bridgehead atoms. The van der Waals surface area contributed by atoms with Gasteiger partial charge in [0, 0.05) is 17.5 Å². The SMILES string of the molecule is CC(=O)C1=NN(c2cccc(Cl)c2C)C2(S1)SC(c1ccccc1)(c1ccccc1)c1ccccc12. The molecule has 2 aliphatic heterocycles. The van der Waals surface area contributed by atoms with Crippen molar-refractivity contribution in [1.82, 2.24) is 0 Å². The minimum absolute atomic E-state index is 0.0449. The van der Waals surface area contributed by atoms with Gasteiger partial charge in [0.25, 0.3) is 0 Å². The molecule has 0 aliphatic carbocycles. The second-order valence-electron chi connectivity index (χ2n) is 8.90. The second-order valence-corrected chi connectivity index (χ2v) is 12.2. The highest BCUT2D eigenvalue weighted by Gasteiger charge is 2.61. The quantitative estimate of drug-likeness (QED) is 0.270. The number of rotatable bonds is 4. The average molecular weight is 527 g/mol. The number of hydrazone groups is 1. The number of halogens is 1. The van der Waals surface area contributed by atoms with Gasteiger partial charge in [0.15, 0.2) is 15.0 Å². The van der Waals surface area contributed by atoms with E-state index in [2.05, 4.69) is 72.8 Å². The van der Waals surface area contributed by atoms with E-state index in [1.807, 2.05) is 54.0 Å². The van der Waals surface area contributed by atoms with E-state index in [0.29, 0.717) is 10.1 Å². The first-order chi connectivity index (χ1) is 17.5. The first kappa shape index (κ1) is 23.4. The van der Waals surface area contributed by atoms with Crippen LogP contribution in [0.1, 0.15) is 34.7 Å². The van der Waals surface area contributed by atoms with Gasteiger partial charge in [0.2, 0.25) is 0 Å². The van der Waals surface area contributed by atoms with Crippen LogP contribution in [0.5, 0.6) is 0 Å². The van der Waals surface area contributed by atoms with Gasteiger partial charge in [-0.2, -0.15) is 5.10 Å². The number of thioether (sulfide) groups is 2. The van der Waals surface area contributed by atoms with E-state index in [4.69, 9.17) is 16.7 Å². The van der Waals surface area contributed by atoms with Crippen molar-refractivity contribution in [2.45, 2.75) is 22.8 Å². The zero-order chi connectivity index (χ0) is 24.9. The number of fused-ring (bicyclic) bond motifs is 2. The molecule has 0 N–H and O–H groups in total. The number of carbonyl (C=O) groups is 1. The molecule has 3 nitrogen and oxygen atoms in total. The molecule has 0 saturated carbocycles. The number of hydrogen-bond donors (Lipinski definition) is 0. The van der Waals surface area contributed by atoms with Crippen molar-refractivity contribution in [3.8, 4) is 0 Å². The summed E-state index contributed by atoms with van der Waals surface area (Å²) < 4.78 is -1.20. The zero-order valence-electron chi connectivity index (χ0n) is 19.8. The lowest BCUT2D eigenvalue weighted by Crippen LogP contribution is -2.34. The van der Waals surface area contributed by atoms with Crippen LogP contribution in [0, 0.1) is 6.92 Å². The topological polar surface area (TPSA) is 32.7 Å². The number of carbonyl (C=O) groups excluding carboxylic acids is 1. The molecule has 1 spiro atoms. The van der Waals surface area contributed by atoms with E-state index >= 15 is 0 Å². The molecular formula is C30H23ClN2OS2. The minimum atomic E-state index is -0.696. The van der Waals surface area contributed by atoms with Gasteiger partial charge in [0.05, 0.1) is 10.4 Å². The highest BCUT2D eigenvalue weighted by molar-refractivity contribution is 8.27. The Morgan fingerprint density at radius 2 is 1.39 bits per heavy atom. The van der Waals surface area contributed by atoms with E-state index in [1.165, 1.54) is 28.5 Å². The van der Waals surface area contributed by atoms with Crippen molar-refractivity contribution in [2.24, 2.45) is 5.10 Å². The summed E-state index contributed by atoms with van der Waals surface area (Å²) in [6, 6.07) is 35.6. The lowest BCUT2D eigenvalue weighted by molar-refractivity contribution is -0.110. The van der Waals surface area contributed by atoms with Gasteiger partial charge in [-0.1, -0.05) is 126 Å². The monoisotopic (exact) mass is 526 g/mol. The maximum Gasteiger partial charge on any atom is 0.187 e.